The van der Waals surface area contributed by atoms with Crippen molar-refractivity contribution in [3.05, 3.63) is 60.2 Å². The Balaban J connectivity index is 2.63. The average Bonchev–Trinajstić information content (AvgIpc) is 2.50. The van der Waals surface area contributed by atoms with Crippen molar-refractivity contribution >= 4 is 0 Å². The quantitative estimate of drug-likeness (QED) is 0.442. The van der Waals surface area contributed by atoms with Crippen LogP contribution in [-0.2, 0) is 6.54 Å². The van der Waals surface area contributed by atoms with E-state index in [1.165, 1.54) is 30.4 Å². The summed E-state index contributed by atoms with van der Waals surface area (Å²) in [5, 5.41) is 3.69. The third kappa shape index (κ3) is 6.77. The fraction of sp³-hybridized carbons (Fsp3) is 0.500. The van der Waals surface area contributed by atoms with Gasteiger partial charge in [0.2, 0.25) is 0 Å². The Kier molecular flexibility index (Phi) is 8.77. The first-order valence-electron chi connectivity index (χ1n) is 8.28. The Labute approximate surface area is 131 Å². The summed E-state index contributed by atoms with van der Waals surface area (Å²) in [7, 11) is 0. The van der Waals surface area contributed by atoms with E-state index in [0.29, 0.717) is 12.0 Å². The molecular formula is C20H31N. The number of unbranched alkanes of at least 4 members (excludes halogenated alkanes) is 3. The Bertz CT molecular complexity index is 417. The van der Waals surface area contributed by atoms with Crippen LogP contribution in [0.4, 0.5) is 0 Å². The monoisotopic (exact) mass is 285 g/mol. The van der Waals surface area contributed by atoms with Crippen molar-refractivity contribution in [3.63, 3.8) is 0 Å². The molecule has 0 heterocycles. The van der Waals surface area contributed by atoms with E-state index in [1.807, 2.05) is 6.08 Å². The maximum Gasteiger partial charge on any atom is 0.0342 e. The van der Waals surface area contributed by atoms with Crippen molar-refractivity contribution < 1.29 is 0 Å². The second-order valence-corrected chi connectivity index (χ2v) is 5.99. The number of hydrogen-bond acceptors (Lipinski definition) is 1. The Hall–Kier alpha value is -1.34. The number of benzene rings is 1. The molecule has 0 saturated heterocycles. The average molecular weight is 285 g/mol. The zero-order chi connectivity index (χ0) is 15.5. The fourth-order valence-corrected chi connectivity index (χ4v) is 2.56. The maximum atomic E-state index is 4.01. The zero-order valence-electron chi connectivity index (χ0n) is 13.9. The van der Waals surface area contributed by atoms with Crippen molar-refractivity contribution in [2.24, 2.45) is 5.92 Å². The summed E-state index contributed by atoms with van der Waals surface area (Å²) < 4.78 is 0. The van der Waals surface area contributed by atoms with Crippen molar-refractivity contribution in [1.82, 2.24) is 5.32 Å². The van der Waals surface area contributed by atoms with Crippen LogP contribution in [0, 0.1) is 5.92 Å². The van der Waals surface area contributed by atoms with Crippen molar-refractivity contribution in [3.8, 4) is 0 Å². The highest BCUT2D eigenvalue weighted by atomic mass is 14.9. The Morgan fingerprint density at radius 2 is 1.90 bits per heavy atom. The lowest BCUT2D eigenvalue weighted by molar-refractivity contribution is 0.449. The largest absolute Gasteiger partial charge is 0.306 e. The normalized spacial score (nSPS) is 13.4. The summed E-state index contributed by atoms with van der Waals surface area (Å²) in [6.07, 6.45) is 9.41. The Morgan fingerprint density at radius 1 is 1.19 bits per heavy atom. The molecule has 1 heteroatoms. The smallest absolute Gasteiger partial charge is 0.0342 e. The van der Waals surface area contributed by atoms with Gasteiger partial charge in [0.05, 0.1) is 0 Å². The third-order valence-electron chi connectivity index (χ3n) is 3.82. The van der Waals surface area contributed by atoms with Gasteiger partial charge in [-0.1, -0.05) is 82.7 Å². The Morgan fingerprint density at radius 3 is 2.48 bits per heavy atom. The third-order valence-corrected chi connectivity index (χ3v) is 3.82. The summed E-state index contributed by atoms with van der Waals surface area (Å²) >= 11 is 0. The maximum absolute atomic E-state index is 4.01. The van der Waals surface area contributed by atoms with Crippen LogP contribution in [0.5, 0.6) is 0 Å². The molecule has 1 aromatic rings. The van der Waals surface area contributed by atoms with Gasteiger partial charge in [-0.05, 0) is 29.9 Å². The van der Waals surface area contributed by atoms with Crippen molar-refractivity contribution in [2.75, 3.05) is 0 Å². The molecule has 1 nitrogen and oxygen atoms in total. The van der Waals surface area contributed by atoms with E-state index in [0.717, 1.165) is 13.0 Å². The highest BCUT2D eigenvalue weighted by Gasteiger charge is 2.15. The van der Waals surface area contributed by atoms with E-state index in [4.69, 9.17) is 0 Å². The molecule has 1 N–H and O–H groups in total. The van der Waals surface area contributed by atoms with Crippen LogP contribution < -0.4 is 5.32 Å². The van der Waals surface area contributed by atoms with Gasteiger partial charge in [0.15, 0.2) is 0 Å². The molecule has 1 rings (SSSR count). The van der Waals surface area contributed by atoms with Crippen molar-refractivity contribution in [2.45, 2.75) is 59.0 Å². The second kappa shape index (κ2) is 10.4. The highest BCUT2D eigenvalue weighted by Crippen LogP contribution is 2.16. The molecule has 116 valence electrons. The molecule has 0 saturated carbocycles. The highest BCUT2D eigenvalue weighted by molar-refractivity contribution is 5.24. The number of hydrogen-bond donors (Lipinski definition) is 1. The van der Waals surface area contributed by atoms with Gasteiger partial charge in [-0.15, -0.1) is 0 Å². The van der Waals surface area contributed by atoms with Gasteiger partial charge in [-0.25, -0.2) is 0 Å². The lowest BCUT2D eigenvalue weighted by Crippen LogP contribution is -2.34. The molecule has 0 spiro atoms. The van der Waals surface area contributed by atoms with Gasteiger partial charge >= 0.3 is 0 Å². The lowest BCUT2D eigenvalue weighted by Gasteiger charge is -2.24. The summed E-state index contributed by atoms with van der Waals surface area (Å²) in [5.41, 5.74) is 2.68. The number of rotatable bonds is 10. The van der Waals surface area contributed by atoms with Crippen LogP contribution in [0.15, 0.2) is 54.6 Å². The van der Waals surface area contributed by atoms with Crippen LogP contribution in [0.25, 0.3) is 0 Å². The van der Waals surface area contributed by atoms with Crippen LogP contribution in [0.1, 0.15) is 52.0 Å². The van der Waals surface area contributed by atoms with Gasteiger partial charge in [-0.3, -0.25) is 0 Å². The molecule has 21 heavy (non-hydrogen) atoms. The molecule has 0 aliphatic rings. The molecule has 1 aromatic carbocycles. The lowest BCUT2D eigenvalue weighted by atomic mass is 9.94. The summed E-state index contributed by atoms with van der Waals surface area (Å²) in [6, 6.07) is 11.0. The van der Waals surface area contributed by atoms with Crippen molar-refractivity contribution in [1.29, 1.82) is 0 Å². The minimum absolute atomic E-state index is 0.379. The minimum atomic E-state index is 0.379. The fourth-order valence-electron chi connectivity index (χ4n) is 2.56. The molecule has 0 aliphatic heterocycles. The first-order chi connectivity index (χ1) is 10.2. The van der Waals surface area contributed by atoms with Gasteiger partial charge in [-0.2, -0.15) is 0 Å². The summed E-state index contributed by atoms with van der Waals surface area (Å²) in [4.78, 5) is 0. The summed E-state index contributed by atoms with van der Waals surface area (Å²) in [5.74, 6) is 0.559. The number of allylic oxidation sites excluding steroid dienone is 1. The number of nitrogens with one attached hydrogen (secondary N) is 1. The van der Waals surface area contributed by atoms with Gasteiger partial charge in [0.25, 0.3) is 0 Å². The molecule has 0 fully saturated rings. The molecule has 0 aliphatic carbocycles. The molecule has 1 unspecified atom stereocenters. The standard InChI is InChI=1S/C20H31N/c1-5-7-8-12-15-19(6-2)20(17(3)4)21-16-18-13-10-9-11-14-18/h6,9-11,13-15,17,20-21H,2,5,7-8,12,16H2,1,3-4H3/b19-15+. The van der Waals surface area contributed by atoms with E-state index in [1.54, 1.807) is 0 Å². The van der Waals surface area contributed by atoms with Crippen LogP contribution in [-0.4, -0.2) is 6.04 Å². The predicted molar refractivity (Wildman–Crippen MR) is 94.3 cm³/mol. The molecule has 0 bridgehead atoms. The molecular weight excluding hydrogens is 254 g/mol. The zero-order valence-corrected chi connectivity index (χ0v) is 13.9. The SMILES string of the molecule is C=C/C(=C\CCCCC)C(NCc1ccccc1)C(C)C. The molecule has 0 aromatic heterocycles. The molecule has 1 atom stereocenters. The van der Waals surface area contributed by atoms with Crippen LogP contribution >= 0.6 is 0 Å². The van der Waals surface area contributed by atoms with Gasteiger partial charge < -0.3 is 5.32 Å². The molecule has 0 amide bonds. The van der Waals surface area contributed by atoms with E-state index in [9.17, 15) is 0 Å². The molecule has 0 radical (unpaired) electrons. The first kappa shape index (κ1) is 17.7. The van der Waals surface area contributed by atoms with Gasteiger partial charge in [0.1, 0.15) is 0 Å². The van der Waals surface area contributed by atoms with E-state index < -0.39 is 0 Å². The summed E-state index contributed by atoms with van der Waals surface area (Å²) in [6.45, 7) is 11.7. The second-order valence-electron chi connectivity index (χ2n) is 5.99. The van der Waals surface area contributed by atoms with E-state index >= 15 is 0 Å². The van der Waals surface area contributed by atoms with Crippen LogP contribution in [0.2, 0.25) is 0 Å². The minimum Gasteiger partial charge on any atom is -0.306 e. The van der Waals surface area contributed by atoms with E-state index in [2.05, 4.69) is 69.1 Å². The van der Waals surface area contributed by atoms with Crippen LogP contribution in [0.3, 0.4) is 0 Å². The first-order valence-corrected chi connectivity index (χ1v) is 8.28. The topological polar surface area (TPSA) is 12.0 Å². The van der Waals surface area contributed by atoms with Gasteiger partial charge in [0, 0.05) is 12.6 Å². The van der Waals surface area contributed by atoms with E-state index in [-0.39, 0.29) is 0 Å². The predicted octanol–water partition coefficient (Wildman–Crippen LogP) is 5.49.